The fraction of sp³-hybridized carbons (Fsp3) is 0.375. The molecule has 1 saturated carbocycles. The van der Waals surface area contributed by atoms with E-state index in [1.807, 2.05) is 12.2 Å². The van der Waals surface area contributed by atoms with E-state index in [4.69, 9.17) is 0 Å². The van der Waals surface area contributed by atoms with E-state index in [0.29, 0.717) is 5.69 Å². The molecule has 21 heavy (non-hydrogen) atoms. The highest BCUT2D eigenvalue weighted by Gasteiger charge is 2.48. The molecule has 0 aromatic heterocycles. The predicted molar refractivity (Wildman–Crippen MR) is 75.0 cm³/mol. The molecule has 3 aliphatic rings. The molecule has 1 fully saturated rings. The van der Waals surface area contributed by atoms with Gasteiger partial charge in [-0.05, 0) is 42.9 Å². The fourth-order valence-electron chi connectivity index (χ4n) is 3.48. The largest absolute Gasteiger partial charge is 0.481 e. The maximum absolute atomic E-state index is 13.2. The maximum atomic E-state index is 13.2. The van der Waals surface area contributed by atoms with Crippen LogP contribution in [-0.4, -0.2) is 17.0 Å². The Morgan fingerprint density at radius 1 is 1.14 bits per heavy atom. The molecule has 2 N–H and O–H groups in total. The molecule has 1 aromatic carbocycles. The van der Waals surface area contributed by atoms with Gasteiger partial charge in [0.05, 0.1) is 11.8 Å². The van der Waals surface area contributed by atoms with Crippen LogP contribution in [0.5, 0.6) is 0 Å². The van der Waals surface area contributed by atoms with Crippen LogP contribution < -0.4 is 5.32 Å². The second kappa shape index (κ2) is 5.31. The minimum atomic E-state index is -0.937. The second-order valence-corrected chi connectivity index (χ2v) is 5.68. The molecule has 5 heteroatoms. The molecule has 4 atom stereocenters. The number of fused-ring (bicyclic) bond motifs is 2. The normalized spacial score (nSPS) is 30.1. The number of aliphatic carboxylic acids is 1. The van der Waals surface area contributed by atoms with E-state index in [0.717, 1.165) is 12.8 Å². The molecule has 0 heterocycles. The highest BCUT2D eigenvalue weighted by atomic mass is 19.1. The molecule has 0 saturated heterocycles. The topological polar surface area (TPSA) is 66.4 Å². The summed E-state index contributed by atoms with van der Waals surface area (Å²) in [5.41, 5.74) is 0.356. The number of amides is 1. The molecule has 1 aromatic rings. The Hall–Kier alpha value is -2.17. The third-order valence-corrected chi connectivity index (χ3v) is 4.43. The van der Waals surface area contributed by atoms with Crippen LogP contribution in [0.25, 0.3) is 0 Å². The first-order valence-corrected chi connectivity index (χ1v) is 7.04. The summed E-state index contributed by atoms with van der Waals surface area (Å²) >= 11 is 0. The van der Waals surface area contributed by atoms with Gasteiger partial charge < -0.3 is 10.4 Å². The summed E-state index contributed by atoms with van der Waals surface area (Å²) in [6.07, 6.45) is 5.50. The van der Waals surface area contributed by atoms with Crippen LogP contribution in [0.15, 0.2) is 36.4 Å². The van der Waals surface area contributed by atoms with Crippen molar-refractivity contribution in [3.05, 3.63) is 42.2 Å². The van der Waals surface area contributed by atoms with Gasteiger partial charge in [-0.3, -0.25) is 9.59 Å². The van der Waals surface area contributed by atoms with E-state index >= 15 is 0 Å². The SMILES string of the molecule is O=C(Nc1cccc(F)c1)[C@@H]1[C@H](C(=O)O)[C@@H]2C=C[C@H]1CC2. The van der Waals surface area contributed by atoms with Crippen LogP contribution in [-0.2, 0) is 9.59 Å². The van der Waals surface area contributed by atoms with Gasteiger partial charge >= 0.3 is 5.97 Å². The smallest absolute Gasteiger partial charge is 0.307 e. The highest BCUT2D eigenvalue weighted by molar-refractivity contribution is 5.96. The van der Waals surface area contributed by atoms with Crippen molar-refractivity contribution >= 4 is 17.6 Å². The van der Waals surface area contributed by atoms with Crippen molar-refractivity contribution in [1.82, 2.24) is 0 Å². The summed E-state index contributed by atoms with van der Waals surface area (Å²) in [6.45, 7) is 0. The van der Waals surface area contributed by atoms with E-state index < -0.39 is 23.6 Å². The Labute approximate surface area is 121 Å². The second-order valence-electron chi connectivity index (χ2n) is 5.68. The summed E-state index contributed by atoms with van der Waals surface area (Å²) < 4.78 is 13.2. The van der Waals surface area contributed by atoms with Gasteiger partial charge in [0.25, 0.3) is 0 Å². The molecule has 3 aliphatic carbocycles. The van der Waals surface area contributed by atoms with Gasteiger partial charge in [0, 0.05) is 5.69 Å². The first-order chi connectivity index (χ1) is 10.1. The molecule has 0 spiro atoms. The number of hydrogen-bond donors (Lipinski definition) is 2. The number of carbonyl (C=O) groups is 2. The number of carboxylic acid groups (broad SMARTS) is 1. The number of carboxylic acids is 1. The van der Waals surface area contributed by atoms with Gasteiger partial charge in [-0.25, -0.2) is 4.39 Å². The average molecular weight is 289 g/mol. The van der Waals surface area contributed by atoms with E-state index in [-0.39, 0.29) is 17.7 Å². The minimum Gasteiger partial charge on any atom is -0.481 e. The van der Waals surface area contributed by atoms with E-state index in [2.05, 4.69) is 5.32 Å². The zero-order chi connectivity index (χ0) is 15.0. The Balaban J connectivity index is 1.83. The van der Waals surface area contributed by atoms with Crippen LogP contribution >= 0.6 is 0 Å². The lowest BCUT2D eigenvalue weighted by Gasteiger charge is -2.41. The minimum absolute atomic E-state index is 0.0512. The van der Waals surface area contributed by atoms with Crippen molar-refractivity contribution in [2.45, 2.75) is 12.8 Å². The molecule has 0 aliphatic heterocycles. The summed E-state index contributed by atoms with van der Waals surface area (Å²) in [7, 11) is 0. The third-order valence-electron chi connectivity index (χ3n) is 4.43. The number of allylic oxidation sites excluding steroid dienone is 2. The summed E-state index contributed by atoms with van der Waals surface area (Å²) in [4.78, 5) is 23.9. The Bertz CT molecular complexity index is 613. The summed E-state index contributed by atoms with van der Waals surface area (Å²) in [5, 5.41) is 12.1. The monoisotopic (exact) mass is 289 g/mol. The van der Waals surface area contributed by atoms with E-state index in [1.165, 1.54) is 18.2 Å². The molecule has 2 bridgehead atoms. The first kappa shape index (κ1) is 13.8. The number of anilines is 1. The summed E-state index contributed by atoms with van der Waals surface area (Å²) in [6, 6.07) is 5.62. The first-order valence-electron chi connectivity index (χ1n) is 7.04. The van der Waals surface area contributed by atoms with Gasteiger partial charge in [-0.2, -0.15) is 0 Å². The quantitative estimate of drug-likeness (QED) is 0.841. The molecule has 4 nitrogen and oxygen atoms in total. The highest BCUT2D eigenvalue weighted by Crippen LogP contribution is 2.45. The van der Waals surface area contributed by atoms with E-state index in [1.54, 1.807) is 6.07 Å². The number of rotatable bonds is 3. The number of carbonyl (C=O) groups excluding carboxylic acids is 1. The third kappa shape index (κ3) is 2.55. The van der Waals surface area contributed by atoms with Crippen molar-refractivity contribution in [3.63, 3.8) is 0 Å². The van der Waals surface area contributed by atoms with Crippen LogP contribution in [0.1, 0.15) is 12.8 Å². The Morgan fingerprint density at radius 3 is 2.38 bits per heavy atom. The fourth-order valence-corrected chi connectivity index (χ4v) is 3.48. The molecular formula is C16H16FNO3. The average Bonchev–Trinajstić information content (AvgIpc) is 2.47. The lowest BCUT2D eigenvalue weighted by molar-refractivity contribution is -0.151. The number of benzene rings is 1. The molecule has 0 unspecified atom stereocenters. The molecular weight excluding hydrogens is 273 g/mol. The van der Waals surface area contributed by atoms with Crippen molar-refractivity contribution in [1.29, 1.82) is 0 Å². The van der Waals surface area contributed by atoms with Crippen LogP contribution in [0.4, 0.5) is 10.1 Å². The van der Waals surface area contributed by atoms with Crippen molar-refractivity contribution in [3.8, 4) is 0 Å². The summed E-state index contributed by atoms with van der Waals surface area (Å²) in [5.74, 6) is -3.13. The molecule has 4 rings (SSSR count). The van der Waals surface area contributed by atoms with Gasteiger partial charge in [0.1, 0.15) is 5.82 Å². The van der Waals surface area contributed by atoms with Crippen LogP contribution in [0.2, 0.25) is 0 Å². The zero-order valence-corrected chi connectivity index (χ0v) is 11.3. The maximum Gasteiger partial charge on any atom is 0.307 e. The van der Waals surface area contributed by atoms with Crippen molar-refractivity contribution < 1.29 is 19.1 Å². The van der Waals surface area contributed by atoms with Crippen molar-refractivity contribution in [2.75, 3.05) is 5.32 Å². The molecule has 0 radical (unpaired) electrons. The van der Waals surface area contributed by atoms with E-state index in [9.17, 15) is 19.1 Å². The van der Waals surface area contributed by atoms with Crippen LogP contribution in [0, 0.1) is 29.5 Å². The zero-order valence-electron chi connectivity index (χ0n) is 11.3. The van der Waals surface area contributed by atoms with Gasteiger partial charge in [-0.15, -0.1) is 0 Å². The van der Waals surface area contributed by atoms with Gasteiger partial charge in [0.15, 0.2) is 0 Å². The Morgan fingerprint density at radius 2 is 1.81 bits per heavy atom. The Kier molecular flexibility index (Phi) is 3.49. The standard InChI is InChI=1S/C16H16FNO3/c17-11-2-1-3-12(8-11)18-15(19)13-9-4-6-10(7-5-9)14(13)16(20)21/h1-4,6,8-10,13-14H,5,7H2,(H,18,19)(H,20,21)/t9-,10+,13-,14+/m0/s1. The van der Waals surface area contributed by atoms with Gasteiger partial charge in [0.2, 0.25) is 5.91 Å². The number of hydrogen-bond acceptors (Lipinski definition) is 2. The lowest BCUT2D eigenvalue weighted by atomic mass is 9.62. The lowest BCUT2D eigenvalue weighted by Crippen LogP contribution is -2.47. The van der Waals surface area contributed by atoms with Crippen LogP contribution in [0.3, 0.4) is 0 Å². The number of halogens is 1. The van der Waals surface area contributed by atoms with Crippen molar-refractivity contribution in [2.24, 2.45) is 23.7 Å². The molecule has 1 amide bonds. The number of nitrogens with one attached hydrogen (secondary N) is 1. The van der Waals surface area contributed by atoms with Gasteiger partial charge in [-0.1, -0.05) is 18.2 Å². The predicted octanol–water partition coefficient (Wildman–Crippen LogP) is 2.68. The molecule has 110 valence electrons.